The van der Waals surface area contributed by atoms with Crippen molar-refractivity contribution in [3.05, 3.63) is 109 Å². The van der Waals surface area contributed by atoms with Crippen molar-refractivity contribution >= 4 is 19.8 Å². The van der Waals surface area contributed by atoms with Crippen LogP contribution in [0.2, 0.25) is 0 Å². The van der Waals surface area contributed by atoms with E-state index >= 15 is 0 Å². The molecular weight excluding hydrogens is 1000 g/mol. The number of hydrogen-bond acceptors (Lipinski definition) is 8. The Bertz CT molecular complexity index is 1660. The molecule has 0 rings (SSSR count). The number of ether oxygens (including phenoxy) is 2. The van der Waals surface area contributed by atoms with E-state index in [2.05, 4.69) is 123 Å². The predicted octanol–water partition coefficient (Wildman–Crippen LogP) is 21.0. The molecule has 0 fully saturated rings. The topological polar surface area (TPSA) is 134 Å². The lowest BCUT2D eigenvalue weighted by atomic mass is 10.0. The van der Waals surface area contributed by atoms with E-state index in [0.29, 0.717) is 12.8 Å². The molecule has 0 amide bonds. The minimum Gasteiger partial charge on any atom is -0.462 e. The Morgan fingerprint density at radius 2 is 0.696 bits per heavy atom. The summed E-state index contributed by atoms with van der Waals surface area (Å²) in [6, 6.07) is 0. The van der Waals surface area contributed by atoms with Gasteiger partial charge in [-0.05, 0) is 103 Å². The monoisotopic (exact) mass is 1120 g/mol. The average molecular weight is 1120 g/mol. The number of rotatable bonds is 60. The number of phosphoric acid groups is 1. The van der Waals surface area contributed by atoms with Gasteiger partial charge in [-0.25, -0.2) is 4.57 Å². The van der Waals surface area contributed by atoms with Gasteiger partial charge in [0.05, 0.1) is 13.2 Å². The minimum absolute atomic E-state index is 0.0486. The molecule has 0 aromatic rings. The van der Waals surface area contributed by atoms with E-state index in [1.165, 1.54) is 148 Å². The number of carbonyl (C=O) groups excluding carboxylic acids is 2. The number of hydrogen-bond donors (Lipinski definition) is 2. The zero-order valence-electron chi connectivity index (χ0n) is 50.8. The smallest absolute Gasteiger partial charge is 0.462 e. The molecule has 10 heteroatoms. The molecule has 9 nitrogen and oxygen atoms in total. The largest absolute Gasteiger partial charge is 0.472 e. The lowest BCUT2D eigenvalue weighted by Gasteiger charge is -2.19. The van der Waals surface area contributed by atoms with Crippen molar-refractivity contribution in [1.29, 1.82) is 0 Å². The molecule has 0 aliphatic rings. The normalized spacial score (nSPS) is 13.7. The van der Waals surface area contributed by atoms with Crippen LogP contribution in [0, 0.1) is 0 Å². The molecule has 0 radical (unpaired) electrons. The van der Waals surface area contributed by atoms with Crippen molar-refractivity contribution in [2.45, 2.75) is 290 Å². The highest BCUT2D eigenvalue weighted by Gasteiger charge is 2.26. The van der Waals surface area contributed by atoms with Crippen LogP contribution in [0.25, 0.3) is 0 Å². The predicted molar refractivity (Wildman–Crippen MR) is 339 cm³/mol. The van der Waals surface area contributed by atoms with Crippen LogP contribution in [-0.2, 0) is 32.7 Å². The van der Waals surface area contributed by atoms with E-state index in [1.54, 1.807) is 0 Å². The summed E-state index contributed by atoms with van der Waals surface area (Å²) in [6.45, 7) is 3.60. The molecule has 0 saturated carbocycles. The first-order valence-electron chi connectivity index (χ1n) is 32.4. The second kappa shape index (κ2) is 63.8. The molecule has 0 bridgehead atoms. The molecule has 0 aromatic heterocycles. The highest BCUT2D eigenvalue weighted by atomic mass is 31.2. The van der Waals surface area contributed by atoms with Gasteiger partial charge in [-0.15, -0.1) is 0 Å². The standard InChI is InChI=1S/C69H120NO8P/c1-3-5-7-9-11-13-15-17-19-21-23-24-25-26-27-28-29-30-31-32-33-34-35-36-37-38-39-40-41-42-44-46-48-50-52-54-56-58-60-62-69(72)78-67(66-77-79(73,74)76-64-63-70)65-75-68(71)61-59-57-55-53-51-49-47-45-43-22-20-18-16-14-12-10-8-6-4-2/h5,7,11-14,17-20,23-24,26-27,29-30,43,45,67H,3-4,6,8-10,15-16,21-22,25,28,31-42,44,46-66,70H2,1-2H3,(H,73,74)/b7-5-,13-11-,14-12-,19-17-,20-18-,24-23-,27-26-,30-29-,45-43-. The fraction of sp³-hybridized carbons (Fsp3) is 0.710. The van der Waals surface area contributed by atoms with E-state index in [-0.39, 0.29) is 32.6 Å². The lowest BCUT2D eigenvalue weighted by Crippen LogP contribution is -2.29. The van der Waals surface area contributed by atoms with E-state index in [9.17, 15) is 19.0 Å². The third-order valence-corrected chi connectivity index (χ3v) is 14.6. The highest BCUT2D eigenvalue weighted by molar-refractivity contribution is 7.47. The van der Waals surface area contributed by atoms with Gasteiger partial charge < -0.3 is 20.1 Å². The molecule has 0 heterocycles. The molecule has 2 unspecified atom stereocenters. The van der Waals surface area contributed by atoms with Gasteiger partial charge in [0.25, 0.3) is 0 Å². The number of esters is 2. The molecule has 0 aromatic carbocycles. The second-order valence-electron chi connectivity index (χ2n) is 21.2. The summed E-state index contributed by atoms with van der Waals surface area (Å²) in [6.07, 6.45) is 87.4. The van der Waals surface area contributed by atoms with E-state index in [1.807, 2.05) is 0 Å². The number of phosphoric ester groups is 1. The third-order valence-electron chi connectivity index (χ3n) is 13.6. The summed E-state index contributed by atoms with van der Waals surface area (Å²) in [5, 5.41) is 0. The fourth-order valence-electron chi connectivity index (χ4n) is 8.88. The summed E-state index contributed by atoms with van der Waals surface area (Å²) in [7, 11) is -4.40. The molecule has 454 valence electrons. The molecule has 0 aliphatic carbocycles. The first-order valence-corrected chi connectivity index (χ1v) is 33.9. The van der Waals surface area contributed by atoms with Crippen LogP contribution in [0.5, 0.6) is 0 Å². The van der Waals surface area contributed by atoms with Crippen molar-refractivity contribution in [2.75, 3.05) is 26.4 Å². The van der Waals surface area contributed by atoms with Crippen LogP contribution in [0.1, 0.15) is 284 Å². The van der Waals surface area contributed by atoms with Crippen molar-refractivity contribution < 1.29 is 37.6 Å². The van der Waals surface area contributed by atoms with Gasteiger partial charge >= 0.3 is 19.8 Å². The SMILES string of the molecule is CC/C=C\C/C=C\C/C=C\C/C=C\C/C=C\C/C=C\CCCCCCCCCCCCCCCCCCCCCCC(=O)OC(COC(=O)CCCCCCCC/C=C\C/C=C\C/C=C\CCCCC)COP(=O)(O)OCCN. The summed E-state index contributed by atoms with van der Waals surface area (Å²) in [4.78, 5) is 35.2. The Balaban J connectivity index is 3.86. The van der Waals surface area contributed by atoms with Crippen LogP contribution in [-0.4, -0.2) is 49.3 Å². The summed E-state index contributed by atoms with van der Waals surface area (Å²) in [5.41, 5.74) is 5.39. The van der Waals surface area contributed by atoms with Crippen LogP contribution in [0.4, 0.5) is 0 Å². The van der Waals surface area contributed by atoms with Gasteiger partial charge in [0, 0.05) is 19.4 Å². The second-order valence-corrected chi connectivity index (χ2v) is 22.7. The molecular formula is C69H120NO8P. The van der Waals surface area contributed by atoms with Crippen molar-refractivity contribution in [3.8, 4) is 0 Å². The number of nitrogens with two attached hydrogens (primary N) is 1. The Morgan fingerprint density at radius 3 is 1.04 bits per heavy atom. The highest BCUT2D eigenvalue weighted by Crippen LogP contribution is 2.43. The van der Waals surface area contributed by atoms with Crippen molar-refractivity contribution in [1.82, 2.24) is 0 Å². The fourth-order valence-corrected chi connectivity index (χ4v) is 9.65. The van der Waals surface area contributed by atoms with Gasteiger partial charge in [-0.3, -0.25) is 18.6 Å². The molecule has 0 aliphatic heterocycles. The summed E-state index contributed by atoms with van der Waals surface area (Å²) >= 11 is 0. The zero-order chi connectivity index (χ0) is 57.3. The maximum Gasteiger partial charge on any atom is 0.472 e. The zero-order valence-corrected chi connectivity index (χ0v) is 51.7. The van der Waals surface area contributed by atoms with Crippen LogP contribution >= 0.6 is 7.82 Å². The number of unbranched alkanes of at least 4 members (excludes halogenated alkanes) is 29. The van der Waals surface area contributed by atoms with Crippen molar-refractivity contribution in [2.24, 2.45) is 5.73 Å². The maximum atomic E-state index is 12.7. The Hall–Kier alpha value is -3.33. The number of allylic oxidation sites excluding steroid dienone is 18. The molecule has 0 saturated heterocycles. The molecule has 0 spiro atoms. The molecule has 2 atom stereocenters. The van der Waals surface area contributed by atoms with Crippen molar-refractivity contribution in [3.63, 3.8) is 0 Å². The first kappa shape index (κ1) is 75.7. The van der Waals surface area contributed by atoms with Crippen LogP contribution in [0.3, 0.4) is 0 Å². The summed E-state index contributed by atoms with van der Waals surface area (Å²) in [5.74, 6) is -0.837. The van der Waals surface area contributed by atoms with Gasteiger partial charge in [-0.1, -0.05) is 277 Å². The van der Waals surface area contributed by atoms with Gasteiger partial charge in [0.2, 0.25) is 0 Å². The van der Waals surface area contributed by atoms with Gasteiger partial charge in [0.1, 0.15) is 6.61 Å². The minimum atomic E-state index is -4.40. The lowest BCUT2D eigenvalue weighted by molar-refractivity contribution is -0.161. The first-order chi connectivity index (χ1) is 38.8. The quantitative estimate of drug-likeness (QED) is 0.0264. The third kappa shape index (κ3) is 63.7. The Morgan fingerprint density at radius 1 is 0.392 bits per heavy atom. The van der Waals surface area contributed by atoms with E-state index in [4.69, 9.17) is 24.3 Å². The van der Waals surface area contributed by atoms with Crippen LogP contribution < -0.4 is 5.73 Å². The van der Waals surface area contributed by atoms with E-state index in [0.717, 1.165) is 96.3 Å². The average Bonchev–Trinajstić information content (AvgIpc) is 3.44. The Kier molecular flexibility index (Phi) is 61.2. The number of carbonyl (C=O) groups is 2. The van der Waals surface area contributed by atoms with Crippen LogP contribution in [0.15, 0.2) is 109 Å². The van der Waals surface area contributed by atoms with E-state index < -0.39 is 32.5 Å². The maximum absolute atomic E-state index is 12.7. The molecule has 3 N–H and O–H groups in total. The van der Waals surface area contributed by atoms with Gasteiger partial charge in [0.15, 0.2) is 6.10 Å². The molecule has 79 heavy (non-hydrogen) atoms. The summed E-state index contributed by atoms with van der Waals surface area (Å²) < 4.78 is 33.1. The van der Waals surface area contributed by atoms with Gasteiger partial charge in [-0.2, -0.15) is 0 Å². The Labute approximate surface area is 486 Å².